The molecule has 3 aromatic rings. The Kier molecular flexibility index (Phi) is 7.95. The molecule has 7 nitrogen and oxygen atoms in total. The lowest BCUT2D eigenvalue weighted by Gasteiger charge is -2.23. The minimum atomic E-state index is -3.68. The largest absolute Gasteiger partial charge is 0.494 e. The summed E-state index contributed by atoms with van der Waals surface area (Å²) in [5.74, 6) is 1.58. The summed E-state index contributed by atoms with van der Waals surface area (Å²) in [6.45, 7) is 3.99. The lowest BCUT2D eigenvalue weighted by molar-refractivity contribution is -0.120. The van der Waals surface area contributed by atoms with Gasteiger partial charge in [-0.05, 0) is 67.9 Å². The van der Waals surface area contributed by atoms with Crippen molar-refractivity contribution >= 4 is 21.6 Å². The second-order valence-corrected chi connectivity index (χ2v) is 9.38. The lowest BCUT2D eigenvalue weighted by atomic mass is 10.1. The van der Waals surface area contributed by atoms with Crippen molar-refractivity contribution in [1.29, 1.82) is 0 Å². The molecule has 1 amide bonds. The lowest BCUT2D eigenvalue weighted by Crippen LogP contribution is -2.41. The number of benzene rings is 3. The van der Waals surface area contributed by atoms with E-state index in [0.29, 0.717) is 23.8 Å². The summed E-state index contributed by atoms with van der Waals surface area (Å²) in [4.78, 5) is 12.7. The number of carbonyl (C=O) groups is 1. The standard InChI is InChI=1S/C25H28N2O5S/c1-4-31-22-14-10-20(11-15-22)19(2)26-25(28)18-27(33(3,29)30)21-12-16-24(17-13-21)32-23-8-6-5-7-9-23/h5-17,19H,4,18H2,1-3H3,(H,26,28)/t19-/m1/s1. The summed E-state index contributed by atoms with van der Waals surface area (Å²) in [6.07, 6.45) is 1.07. The monoisotopic (exact) mass is 468 g/mol. The van der Waals surface area contributed by atoms with Crippen LogP contribution in [0.15, 0.2) is 78.9 Å². The van der Waals surface area contributed by atoms with Gasteiger partial charge in [-0.1, -0.05) is 30.3 Å². The maximum Gasteiger partial charge on any atom is 0.241 e. The van der Waals surface area contributed by atoms with Crippen LogP contribution in [0.4, 0.5) is 5.69 Å². The number of ether oxygens (including phenoxy) is 2. The van der Waals surface area contributed by atoms with E-state index >= 15 is 0 Å². The van der Waals surface area contributed by atoms with Crippen molar-refractivity contribution in [2.24, 2.45) is 0 Å². The molecule has 33 heavy (non-hydrogen) atoms. The molecular weight excluding hydrogens is 440 g/mol. The van der Waals surface area contributed by atoms with E-state index in [4.69, 9.17) is 9.47 Å². The topological polar surface area (TPSA) is 84.9 Å². The fraction of sp³-hybridized carbons (Fsp3) is 0.240. The fourth-order valence-electron chi connectivity index (χ4n) is 3.23. The number of hydrogen-bond donors (Lipinski definition) is 1. The zero-order chi connectivity index (χ0) is 23.8. The van der Waals surface area contributed by atoms with E-state index < -0.39 is 15.9 Å². The van der Waals surface area contributed by atoms with Gasteiger partial charge in [0.15, 0.2) is 0 Å². The molecule has 0 heterocycles. The first-order valence-corrected chi connectivity index (χ1v) is 12.4. The Hall–Kier alpha value is -3.52. The first-order valence-electron chi connectivity index (χ1n) is 10.6. The molecular formula is C25H28N2O5S. The molecule has 0 aromatic heterocycles. The van der Waals surface area contributed by atoms with E-state index in [1.807, 2.05) is 68.4 Å². The highest BCUT2D eigenvalue weighted by Gasteiger charge is 2.22. The van der Waals surface area contributed by atoms with Gasteiger partial charge in [0.2, 0.25) is 15.9 Å². The highest BCUT2D eigenvalue weighted by atomic mass is 32.2. The van der Waals surface area contributed by atoms with Gasteiger partial charge in [-0.25, -0.2) is 8.42 Å². The van der Waals surface area contributed by atoms with Gasteiger partial charge < -0.3 is 14.8 Å². The summed E-state index contributed by atoms with van der Waals surface area (Å²) in [7, 11) is -3.68. The Balaban J connectivity index is 1.67. The van der Waals surface area contributed by atoms with Gasteiger partial charge in [0, 0.05) is 0 Å². The van der Waals surface area contributed by atoms with Gasteiger partial charge in [-0.15, -0.1) is 0 Å². The fourth-order valence-corrected chi connectivity index (χ4v) is 4.08. The Bertz CT molecular complexity index is 1150. The number of nitrogens with one attached hydrogen (secondary N) is 1. The van der Waals surface area contributed by atoms with E-state index in [0.717, 1.165) is 21.9 Å². The maximum atomic E-state index is 12.7. The Morgan fingerprint density at radius 1 is 0.909 bits per heavy atom. The van der Waals surface area contributed by atoms with E-state index in [1.165, 1.54) is 0 Å². The molecule has 0 unspecified atom stereocenters. The van der Waals surface area contributed by atoms with Crippen LogP contribution in [-0.2, 0) is 14.8 Å². The highest BCUT2D eigenvalue weighted by molar-refractivity contribution is 7.92. The Morgan fingerprint density at radius 2 is 1.48 bits per heavy atom. The molecule has 3 aromatic carbocycles. The van der Waals surface area contributed by atoms with Crippen LogP contribution in [0.5, 0.6) is 17.2 Å². The maximum absolute atomic E-state index is 12.7. The summed E-state index contributed by atoms with van der Waals surface area (Å²) in [5.41, 5.74) is 1.27. The summed E-state index contributed by atoms with van der Waals surface area (Å²) in [6, 6.07) is 23.0. The van der Waals surface area contributed by atoms with Crippen LogP contribution in [0.1, 0.15) is 25.5 Å². The van der Waals surface area contributed by atoms with E-state index in [-0.39, 0.29) is 12.6 Å². The smallest absolute Gasteiger partial charge is 0.241 e. The number of rotatable bonds is 10. The van der Waals surface area contributed by atoms with Crippen LogP contribution >= 0.6 is 0 Å². The number of sulfonamides is 1. The summed E-state index contributed by atoms with van der Waals surface area (Å²) >= 11 is 0. The first kappa shape index (κ1) is 24.1. The van der Waals surface area contributed by atoms with Crippen molar-refractivity contribution in [2.45, 2.75) is 19.9 Å². The minimum absolute atomic E-state index is 0.295. The molecule has 174 valence electrons. The van der Waals surface area contributed by atoms with Crippen molar-refractivity contribution in [3.63, 3.8) is 0 Å². The molecule has 0 spiro atoms. The highest BCUT2D eigenvalue weighted by Crippen LogP contribution is 2.25. The van der Waals surface area contributed by atoms with Crippen molar-refractivity contribution < 1.29 is 22.7 Å². The second-order valence-electron chi connectivity index (χ2n) is 7.47. The van der Waals surface area contributed by atoms with Crippen LogP contribution in [0.25, 0.3) is 0 Å². The van der Waals surface area contributed by atoms with Gasteiger partial charge in [0.1, 0.15) is 23.8 Å². The number of amides is 1. The van der Waals surface area contributed by atoms with Crippen LogP contribution in [0.2, 0.25) is 0 Å². The van der Waals surface area contributed by atoms with Gasteiger partial charge >= 0.3 is 0 Å². The van der Waals surface area contributed by atoms with Crippen LogP contribution < -0.4 is 19.1 Å². The molecule has 0 saturated carbocycles. The number of nitrogens with zero attached hydrogens (tertiary/aromatic N) is 1. The molecule has 0 radical (unpaired) electrons. The Morgan fingerprint density at radius 3 is 2.06 bits per heavy atom. The molecule has 8 heteroatoms. The molecule has 0 fully saturated rings. The predicted octanol–water partition coefficient (Wildman–Crippen LogP) is 4.52. The van der Waals surface area contributed by atoms with Crippen molar-refractivity contribution in [3.05, 3.63) is 84.4 Å². The van der Waals surface area contributed by atoms with E-state index in [2.05, 4.69) is 5.32 Å². The molecule has 1 N–H and O–H groups in total. The molecule has 0 aliphatic carbocycles. The van der Waals surface area contributed by atoms with Crippen LogP contribution in [-0.4, -0.2) is 33.7 Å². The number of anilines is 1. The summed E-state index contributed by atoms with van der Waals surface area (Å²) in [5, 5.41) is 2.85. The van der Waals surface area contributed by atoms with E-state index in [1.54, 1.807) is 24.3 Å². The molecule has 0 bridgehead atoms. The average Bonchev–Trinajstić information content (AvgIpc) is 2.79. The van der Waals surface area contributed by atoms with E-state index in [9.17, 15) is 13.2 Å². The average molecular weight is 469 g/mol. The first-order chi connectivity index (χ1) is 15.8. The van der Waals surface area contributed by atoms with Gasteiger partial charge in [-0.2, -0.15) is 0 Å². The predicted molar refractivity (Wildman–Crippen MR) is 129 cm³/mol. The second kappa shape index (κ2) is 10.9. The number of carbonyl (C=O) groups excluding carboxylic acids is 1. The quantitative estimate of drug-likeness (QED) is 0.473. The number of hydrogen-bond acceptors (Lipinski definition) is 5. The molecule has 0 saturated heterocycles. The third-order valence-corrected chi connectivity index (χ3v) is 6.00. The van der Waals surface area contributed by atoms with Crippen molar-refractivity contribution in [3.8, 4) is 17.2 Å². The molecule has 0 aliphatic rings. The van der Waals surface area contributed by atoms with Crippen molar-refractivity contribution in [2.75, 3.05) is 23.7 Å². The number of para-hydroxylation sites is 1. The third-order valence-electron chi connectivity index (χ3n) is 4.86. The third kappa shape index (κ3) is 6.98. The summed E-state index contributed by atoms with van der Waals surface area (Å²) < 4.78 is 37.0. The zero-order valence-corrected chi connectivity index (χ0v) is 19.7. The SMILES string of the molecule is CCOc1ccc([C@@H](C)NC(=O)CN(c2ccc(Oc3ccccc3)cc2)S(C)(=O)=O)cc1. The van der Waals surface area contributed by atoms with Gasteiger partial charge in [0.25, 0.3) is 0 Å². The van der Waals surface area contributed by atoms with Gasteiger partial charge in [0.05, 0.1) is 24.6 Å². The van der Waals surface area contributed by atoms with Gasteiger partial charge in [-0.3, -0.25) is 9.10 Å². The molecule has 3 rings (SSSR count). The zero-order valence-electron chi connectivity index (χ0n) is 18.9. The minimum Gasteiger partial charge on any atom is -0.494 e. The van der Waals surface area contributed by atoms with Crippen LogP contribution in [0, 0.1) is 0 Å². The Labute approximate surface area is 195 Å². The molecule has 1 atom stereocenters. The molecule has 0 aliphatic heterocycles. The van der Waals surface area contributed by atoms with Crippen LogP contribution in [0.3, 0.4) is 0 Å². The normalized spacial score (nSPS) is 12.0. The van der Waals surface area contributed by atoms with Crippen molar-refractivity contribution in [1.82, 2.24) is 5.32 Å².